The largest absolute Gasteiger partial charge is 0.507 e. The standard InChI is InChI=1S/C11H16O3/c1-4-7(3)10-6-9(12)8(5-2)11(13)14-10/h6-7,12H,4-5H2,1-3H3. The van der Waals surface area contributed by atoms with Gasteiger partial charge in [-0.1, -0.05) is 20.8 Å². The molecule has 3 heteroatoms. The van der Waals surface area contributed by atoms with Crippen molar-refractivity contribution >= 4 is 0 Å². The van der Waals surface area contributed by atoms with Gasteiger partial charge in [0.05, 0.1) is 5.56 Å². The summed E-state index contributed by atoms with van der Waals surface area (Å²) in [5.74, 6) is 0.783. The van der Waals surface area contributed by atoms with Crippen LogP contribution in [0.5, 0.6) is 5.75 Å². The number of hydrogen-bond acceptors (Lipinski definition) is 3. The molecule has 0 aliphatic rings. The summed E-state index contributed by atoms with van der Waals surface area (Å²) in [4.78, 5) is 11.4. The van der Waals surface area contributed by atoms with Crippen LogP contribution in [0.1, 0.15) is 44.4 Å². The Morgan fingerprint density at radius 2 is 2.14 bits per heavy atom. The molecular weight excluding hydrogens is 180 g/mol. The number of rotatable bonds is 3. The van der Waals surface area contributed by atoms with Crippen molar-refractivity contribution in [3.63, 3.8) is 0 Å². The van der Waals surface area contributed by atoms with Crippen molar-refractivity contribution in [2.75, 3.05) is 0 Å². The highest BCUT2D eigenvalue weighted by Gasteiger charge is 2.12. The van der Waals surface area contributed by atoms with Crippen LogP contribution in [0.4, 0.5) is 0 Å². The molecule has 1 aromatic rings. The topological polar surface area (TPSA) is 50.4 Å². The molecule has 0 fully saturated rings. The third-order valence-electron chi connectivity index (χ3n) is 2.50. The molecule has 0 saturated carbocycles. The minimum atomic E-state index is -0.414. The van der Waals surface area contributed by atoms with E-state index in [0.717, 1.165) is 6.42 Å². The first-order valence-electron chi connectivity index (χ1n) is 4.96. The first-order valence-corrected chi connectivity index (χ1v) is 4.96. The van der Waals surface area contributed by atoms with E-state index in [4.69, 9.17) is 4.42 Å². The van der Waals surface area contributed by atoms with Gasteiger partial charge in [-0.2, -0.15) is 0 Å². The quantitative estimate of drug-likeness (QED) is 0.807. The first kappa shape index (κ1) is 10.8. The van der Waals surface area contributed by atoms with Crippen molar-refractivity contribution < 1.29 is 9.52 Å². The highest BCUT2D eigenvalue weighted by atomic mass is 16.4. The van der Waals surface area contributed by atoms with Gasteiger partial charge >= 0.3 is 5.63 Å². The van der Waals surface area contributed by atoms with Crippen LogP contribution in [0.2, 0.25) is 0 Å². The molecule has 1 N–H and O–H groups in total. The molecule has 0 aliphatic heterocycles. The average molecular weight is 196 g/mol. The van der Waals surface area contributed by atoms with Crippen molar-refractivity contribution in [1.82, 2.24) is 0 Å². The molecule has 1 aromatic heterocycles. The Hall–Kier alpha value is -1.25. The minimum absolute atomic E-state index is 0.0547. The summed E-state index contributed by atoms with van der Waals surface area (Å²) in [6.45, 7) is 5.79. The smallest absolute Gasteiger partial charge is 0.342 e. The van der Waals surface area contributed by atoms with Crippen LogP contribution in [0.15, 0.2) is 15.3 Å². The van der Waals surface area contributed by atoms with Crippen LogP contribution in [-0.4, -0.2) is 5.11 Å². The average Bonchev–Trinajstić information content (AvgIpc) is 2.16. The maximum atomic E-state index is 11.4. The fraction of sp³-hybridized carbons (Fsp3) is 0.545. The third-order valence-corrected chi connectivity index (χ3v) is 2.50. The van der Waals surface area contributed by atoms with Crippen LogP contribution in [0.25, 0.3) is 0 Å². The zero-order valence-corrected chi connectivity index (χ0v) is 8.83. The summed E-state index contributed by atoms with van der Waals surface area (Å²) in [6, 6.07) is 1.55. The zero-order chi connectivity index (χ0) is 10.7. The Labute approximate surface area is 83.4 Å². The number of aromatic hydroxyl groups is 1. The molecule has 14 heavy (non-hydrogen) atoms. The molecule has 0 radical (unpaired) electrons. The molecule has 0 bridgehead atoms. The Balaban J connectivity index is 3.21. The van der Waals surface area contributed by atoms with Crippen LogP contribution in [0.3, 0.4) is 0 Å². The van der Waals surface area contributed by atoms with Crippen molar-refractivity contribution in [2.45, 2.75) is 39.5 Å². The van der Waals surface area contributed by atoms with Crippen molar-refractivity contribution in [1.29, 1.82) is 0 Å². The fourth-order valence-electron chi connectivity index (χ4n) is 1.29. The summed E-state index contributed by atoms with van der Waals surface area (Å²) in [7, 11) is 0. The molecule has 78 valence electrons. The van der Waals surface area contributed by atoms with E-state index in [2.05, 4.69) is 0 Å². The maximum Gasteiger partial charge on any atom is 0.342 e. The summed E-state index contributed by atoms with van der Waals surface area (Å²) < 4.78 is 5.12. The van der Waals surface area contributed by atoms with Crippen LogP contribution >= 0.6 is 0 Å². The normalized spacial score (nSPS) is 12.8. The molecule has 0 aliphatic carbocycles. The molecule has 1 atom stereocenters. The Kier molecular flexibility index (Phi) is 3.33. The molecule has 3 nitrogen and oxygen atoms in total. The van der Waals surface area contributed by atoms with Crippen LogP contribution < -0.4 is 5.63 Å². The molecule has 1 rings (SSSR count). The third kappa shape index (κ3) is 1.97. The van der Waals surface area contributed by atoms with Gasteiger partial charge in [0, 0.05) is 12.0 Å². The Morgan fingerprint density at radius 1 is 1.50 bits per heavy atom. The molecule has 0 amide bonds. The molecule has 0 saturated heterocycles. The molecular formula is C11H16O3. The first-order chi connectivity index (χ1) is 6.60. The fourth-order valence-corrected chi connectivity index (χ4v) is 1.29. The second kappa shape index (κ2) is 4.31. The number of hydrogen-bond donors (Lipinski definition) is 1. The van der Waals surface area contributed by atoms with Gasteiger partial charge < -0.3 is 9.52 Å². The van der Waals surface area contributed by atoms with E-state index in [1.165, 1.54) is 0 Å². The summed E-state index contributed by atoms with van der Waals surface area (Å²) in [5.41, 5.74) is -0.0557. The molecule has 1 unspecified atom stereocenters. The van der Waals surface area contributed by atoms with E-state index < -0.39 is 5.63 Å². The van der Waals surface area contributed by atoms with Crippen molar-refractivity contribution in [2.24, 2.45) is 0 Å². The van der Waals surface area contributed by atoms with Gasteiger partial charge in [0.25, 0.3) is 0 Å². The predicted octanol–water partition coefficient (Wildman–Crippen LogP) is 2.42. The lowest BCUT2D eigenvalue weighted by Gasteiger charge is -2.08. The van der Waals surface area contributed by atoms with Gasteiger partial charge in [0.15, 0.2) is 0 Å². The van der Waals surface area contributed by atoms with Gasteiger partial charge in [-0.3, -0.25) is 0 Å². The van der Waals surface area contributed by atoms with Gasteiger partial charge in [-0.25, -0.2) is 4.79 Å². The monoisotopic (exact) mass is 196 g/mol. The van der Waals surface area contributed by atoms with Gasteiger partial charge in [-0.15, -0.1) is 0 Å². The van der Waals surface area contributed by atoms with Gasteiger partial charge in [-0.05, 0) is 12.8 Å². The second-order valence-electron chi connectivity index (χ2n) is 3.46. The van der Waals surface area contributed by atoms with Crippen molar-refractivity contribution in [3.05, 3.63) is 27.8 Å². The van der Waals surface area contributed by atoms with E-state index in [-0.39, 0.29) is 11.7 Å². The van der Waals surface area contributed by atoms with Crippen LogP contribution in [0, 0.1) is 0 Å². The SMILES string of the molecule is CCc1c(O)cc(C(C)CC)oc1=O. The highest BCUT2D eigenvalue weighted by Crippen LogP contribution is 2.23. The van der Waals surface area contributed by atoms with E-state index >= 15 is 0 Å². The minimum Gasteiger partial charge on any atom is -0.507 e. The lowest BCUT2D eigenvalue weighted by atomic mass is 10.0. The van der Waals surface area contributed by atoms with Gasteiger partial charge in [0.2, 0.25) is 0 Å². The summed E-state index contributed by atoms with van der Waals surface area (Å²) in [6.07, 6.45) is 1.38. The Morgan fingerprint density at radius 3 is 2.57 bits per heavy atom. The molecule has 0 spiro atoms. The predicted molar refractivity (Wildman–Crippen MR) is 54.7 cm³/mol. The van der Waals surface area contributed by atoms with Crippen molar-refractivity contribution in [3.8, 4) is 5.75 Å². The van der Waals surface area contributed by atoms with E-state index in [0.29, 0.717) is 17.7 Å². The lowest BCUT2D eigenvalue weighted by molar-refractivity contribution is 0.394. The zero-order valence-electron chi connectivity index (χ0n) is 8.83. The van der Waals surface area contributed by atoms with E-state index in [9.17, 15) is 9.90 Å². The summed E-state index contributed by atoms with van der Waals surface area (Å²) in [5, 5.41) is 9.56. The second-order valence-corrected chi connectivity index (χ2v) is 3.46. The van der Waals surface area contributed by atoms with Gasteiger partial charge in [0.1, 0.15) is 11.5 Å². The molecule has 1 heterocycles. The maximum absolute atomic E-state index is 11.4. The lowest BCUT2D eigenvalue weighted by Crippen LogP contribution is -2.09. The van der Waals surface area contributed by atoms with E-state index in [1.54, 1.807) is 6.07 Å². The highest BCUT2D eigenvalue weighted by molar-refractivity contribution is 5.30. The van der Waals surface area contributed by atoms with E-state index in [1.807, 2.05) is 20.8 Å². The summed E-state index contributed by atoms with van der Waals surface area (Å²) >= 11 is 0. The van der Waals surface area contributed by atoms with Crippen LogP contribution in [-0.2, 0) is 6.42 Å². The Bertz CT molecular complexity index is 365. The molecule has 0 aromatic carbocycles.